The number of nitrogens with one attached hydrogen (secondary N) is 4. The number of anilines is 4. The van der Waals surface area contributed by atoms with E-state index >= 15 is 0 Å². The van der Waals surface area contributed by atoms with Gasteiger partial charge in [-0.1, -0.05) is 86.4 Å². The van der Waals surface area contributed by atoms with Crippen molar-refractivity contribution in [2.45, 2.75) is 180 Å². The standard InChI is InChI=1S/2C44H66N12O9S/c1-3-4-5-11-47-41-40-36(49-44(46)50-41)10-12-55(40)28-33-9-8-32(24-31(33)2)27-53-13-15-54(16-14-53)39(58)7-6-18-63-20-22-65-23-21-64-19-17-56-29-34(51-52-56)26-48-38(57)25-37(43(61)62)66-30-35(45)42(59)60;1-3-4-5-11-47-41-40-36(49-44(46)50-41)10-12-55(40)28-33-9-8-32(24-31(33)2)27-53-13-15-54(16-14-53)38(57)7-6-18-63-20-22-65-23-21-64-19-17-56-29-34(51-52-56)26-48-42(60)37(25-39(58)59)66-30-35(45)43(61)62/h8-10,12,24,29,35,37H,3-7,11,13-23,25-28,30,45H2,1-2H3,(H,48,57)(H,59,60)(H,61,62)(H3,46,47,49,50);8-10,12,24,29,35,37H,3-7,11,13-23,25-28,30,45H2,1-2H3,(H,48,60)(H,58,59)(H,61,62)(H3,46,47,49,50)/t2*35-,37?/m00/s1. The second kappa shape index (κ2) is 56.9. The molecule has 4 atom stereocenters. The monoisotopic (exact) mass is 1880 g/mol. The minimum Gasteiger partial charge on any atom is -0.481 e. The maximum atomic E-state index is 12.9. The topological polar surface area (TPSA) is 561 Å². The molecule has 16 N–H and O–H groups in total. The van der Waals surface area contributed by atoms with Gasteiger partial charge < -0.3 is 112 Å². The number of carbonyl (C=O) groups is 8. The number of aryl methyl sites for hydroxylation is 2. The normalized spacial score (nSPS) is 14.1. The summed E-state index contributed by atoms with van der Waals surface area (Å²) in [5.74, 6) is -3.82. The summed E-state index contributed by atoms with van der Waals surface area (Å²) < 4.78 is 41.2. The average Bonchev–Trinajstić information content (AvgIpc) is 1.64. The second-order valence-electron chi connectivity index (χ2n) is 32.3. The van der Waals surface area contributed by atoms with E-state index in [4.69, 9.17) is 66.7 Å². The number of carboxylic acids is 4. The average molecular weight is 1880 g/mol. The number of fused-ring (bicyclic) bond motifs is 2. The number of thioether (sulfide) groups is 2. The van der Waals surface area contributed by atoms with E-state index in [-0.39, 0.29) is 54.7 Å². The number of hydrogen-bond donors (Lipinski definition) is 12. The Hall–Kier alpha value is -10.8. The lowest BCUT2D eigenvalue weighted by molar-refractivity contribution is -0.139. The molecule has 44 heteroatoms. The number of piperazine rings is 2. The molecule has 0 spiro atoms. The zero-order valence-electron chi connectivity index (χ0n) is 76.1. The molecule has 2 fully saturated rings. The van der Waals surface area contributed by atoms with Crippen molar-refractivity contribution < 1.29 is 87.2 Å². The third-order valence-corrected chi connectivity index (χ3v) is 24.6. The fourth-order valence-electron chi connectivity index (χ4n) is 14.5. The molecule has 2 aliphatic heterocycles. The molecule has 132 heavy (non-hydrogen) atoms. The van der Waals surface area contributed by atoms with E-state index in [1.165, 1.54) is 33.4 Å². The molecular formula is C88H132N24O18S2. The molecule has 10 rings (SSSR count). The maximum absolute atomic E-state index is 12.9. The quantitative estimate of drug-likeness (QED) is 0.0230. The van der Waals surface area contributed by atoms with E-state index in [1.807, 2.05) is 34.3 Å². The van der Waals surface area contributed by atoms with E-state index in [0.29, 0.717) is 169 Å². The fourth-order valence-corrected chi connectivity index (χ4v) is 16.6. The Labute approximate surface area is 776 Å². The number of nitrogens with two attached hydrogens (primary N) is 4. The molecule has 0 bridgehead atoms. The molecule has 0 radical (unpaired) electrons. The van der Waals surface area contributed by atoms with Crippen LogP contribution >= 0.6 is 23.5 Å². The predicted octanol–water partition coefficient (Wildman–Crippen LogP) is 4.69. The molecule has 4 amide bonds. The first-order chi connectivity index (χ1) is 63.8. The first-order valence-electron chi connectivity index (χ1n) is 45.1. The summed E-state index contributed by atoms with van der Waals surface area (Å²) in [5, 5.41) is 62.4. The maximum Gasteiger partial charge on any atom is 0.321 e. The number of aliphatic carboxylic acids is 4. The number of carboxylic acid groups (broad SMARTS) is 4. The highest BCUT2D eigenvalue weighted by atomic mass is 32.2. The zero-order chi connectivity index (χ0) is 94.5. The SMILES string of the molecule is CCCCCNc1nc(N)nc2ccn(Cc3ccc(CN4CCN(C(=O)CCCOCCOCCOCCn5cc(CNC(=O)C(CC(=O)O)SC[C@H](N)C(=O)O)nn5)CC4)cc3C)c12.CCCCCNc1nc(N)nc2ccn(Cc3ccc(CN4CCN(C(=O)CCCOCCOCCOCCn5cc(CNC(=O)CC(SC[C@H](N)C(=O)O)C(=O)O)nn5)CC4)cc3C)c12. The molecular weight excluding hydrogens is 1750 g/mol. The van der Waals surface area contributed by atoms with E-state index in [1.54, 1.807) is 21.8 Å². The van der Waals surface area contributed by atoms with Crippen LogP contribution in [0.15, 0.2) is 73.3 Å². The van der Waals surface area contributed by atoms with Crippen LogP contribution in [0.5, 0.6) is 0 Å². The molecule has 8 heterocycles. The molecule has 42 nitrogen and oxygen atoms in total. The van der Waals surface area contributed by atoms with E-state index in [2.05, 4.69) is 145 Å². The number of benzene rings is 2. The summed E-state index contributed by atoms with van der Waals surface area (Å²) in [5.41, 5.74) is 34.9. The molecule has 0 saturated carbocycles. The van der Waals surface area contributed by atoms with Gasteiger partial charge in [0.2, 0.25) is 35.5 Å². The van der Waals surface area contributed by atoms with Crippen molar-refractivity contribution in [3.05, 3.63) is 118 Å². The number of nitrogens with zero attached hydrogens (tertiary/aromatic N) is 16. The van der Waals surface area contributed by atoms with Crippen LogP contribution in [0, 0.1) is 13.8 Å². The highest BCUT2D eigenvalue weighted by Gasteiger charge is 2.29. The second-order valence-corrected chi connectivity index (χ2v) is 34.8. The molecule has 2 aromatic carbocycles. The Morgan fingerprint density at radius 1 is 0.470 bits per heavy atom. The van der Waals surface area contributed by atoms with Crippen LogP contribution in [0.3, 0.4) is 0 Å². The van der Waals surface area contributed by atoms with Crippen molar-refractivity contribution in [2.24, 2.45) is 11.5 Å². The number of ether oxygens (including phenoxy) is 6. The van der Waals surface area contributed by atoms with Gasteiger partial charge in [0.15, 0.2) is 11.6 Å². The molecule has 724 valence electrons. The van der Waals surface area contributed by atoms with Crippen molar-refractivity contribution in [1.29, 1.82) is 0 Å². The van der Waals surface area contributed by atoms with E-state index in [9.17, 15) is 43.5 Å². The van der Waals surface area contributed by atoms with Crippen molar-refractivity contribution >= 4 is 117 Å². The first-order valence-corrected chi connectivity index (χ1v) is 47.2. The summed E-state index contributed by atoms with van der Waals surface area (Å²) in [4.78, 5) is 122. The number of carbonyl (C=O) groups excluding carboxylic acids is 4. The van der Waals surface area contributed by atoms with Gasteiger partial charge in [-0.3, -0.25) is 48.2 Å². The number of aromatic nitrogens is 12. The Morgan fingerprint density at radius 2 is 0.879 bits per heavy atom. The van der Waals surface area contributed by atoms with Crippen LogP contribution in [0.25, 0.3) is 22.1 Å². The van der Waals surface area contributed by atoms with Gasteiger partial charge in [0.1, 0.15) is 39.8 Å². The van der Waals surface area contributed by atoms with Crippen LogP contribution in [-0.4, -0.2) is 325 Å². The number of amides is 4. The van der Waals surface area contributed by atoms with Gasteiger partial charge in [0.25, 0.3) is 0 Å². The molecule has 2 saturated heterocycles. The number of hydrogen-bond acceptors (Lipinski definition) is 32. The lowest BCUT2D eigenvalue weighted by atomic mass is 10.0. The number of unbranched alkanes of at least 4 members (excludes halogenated alkanes) is 4. The van der Waals surface area contributed by atoms with Gasteiger partial charge in [0.05, 0.1) is 127 Å². The Bertz CT molecular complexity index is 4930. The lowest BCUT2D eigenvalue weighted by Crippen LogP contribution is -2.48. The lowest BCUT2D eigenvalue weighted by Gasteiger charge is -2.35. The largest absolute Gasteiger partial charge is 0.481 e. The zero-order valence-corrected chi connectivity index (χ0v) is 77.8. The smallest absolute Gasteiger partial charge is 0.321 e. The molecule has 6 aromatic heterocycles. The van der Waals surface area contributed by atoms with Crippen LogP contribution in [0.2, 0.25) is 0 Å². The predicted molar refractivity (Wildman–Crippen MR) is 500 cm³/mol. The Balaban J connectivity index is 0.000000297. The van der Waals surface area contributed by atoms with E-state index in [0.717, 1.165) is 148 Å². The molecule has 0 aliphatic carbocycles. The van der Waals surface area contributed by atoms with Gasteiger partial charge in [-0.05, 0) is 85.0 Å². The number of rotatable bonds is 62. The summed E-state index contributed by atoms with van der Waals surface area (Å²) in [6.07, 6.45) is 15.5. The Kier molecular flexibility index (Phi) is 45.3. The molecule has 2 aliphatic rings. The summed E-state index contributed by atoms with van der Waals surface area (Å²) in [7, 11) is 0. The summed E-state index contributed by atoms with van der Waals surface area (Å²) in [6, 6.07) is 14.9. The molecule has 8 aromatic rings. The van der Waals surface area contributed by atoms with Crippen molar-refractivity contribution in [2.75, 3.05) is 178 Å². The fraction of sp³-hybridized carbons (Fsp3) is 0.591. The minimum atomic E-state index is -1.24. The van der Waals surface area contributed by atoms with E-state index < -0.39 is 64.7 Å². The highest BCUT2D eigenvalue weighted by molar-refractivity contribution is 8.00. The van der Waals surface area contributed by atoms with Crippen LogP contribution in [0.1, 0.15) is 136 Å². The summed E-state index contributed by atoms with van der Waals surface area (Å²) in [6.45, 7) is 25.4. The van der Waals surface area contributed by atoms with Crippen molar-refractivity contribution in [1.82, 2.24) is 89.3 Å². The van der Waals surface area contributed by atoms with Gasteiger partial charge in [-0.2, -0.15) is 9.97 Å². The minimum absolute atomic E-state index is 0.0191. The van der Waals surface area contributed by atoms with Crippen molar-refractivity contribution in [3.63, 3.8) is 0 Å². The van der Waals surface area contributed by atoms with Crippen LogP contribution in [0.4, 0.5) is 23.5 Å². The van der Waals surface area contributed by atoms with Crippen LogP contribution in [-0.2, 0) is 119 Å². The van der Waals surface area contributed by atoms with Gasteiger partial charge >= 0.3 is 23.9 Å². The van der Waals surface area contributed by atoms with Gasteiger partial charge in [-0.25, -0.2) is 19.3 Å². The summed E-state index contributed by atoms with van der Waals surface area (Å²) >= 11 is 1.68. The number of nitrogen functional groups attached to an aromatic ring is 2. The Morgan fingerprint density at radius 3 is 1.28 bits per heavy atom. The third kappa shape index (κ3) is 36.7. The first kappa shape index (κ1) is 105. The van der Waals surface area contributed by atoms with Crippen molar-refractivity contribution in [3.8, 4) is 0 Å². The van der Waals surface area contributed by atoms with Crippen LogP contribution < -0.4 is 44.2 Å². The van der Waals surface area contributed by atoms with Gasteiger partial charge in [0, 0.05) is 148 Å². The molecule has 2 unspecified atom stereocenters. The highest BCUT2D eigenvalue weighted by Crippen LogP contribution is 2.29. The van der Waals surface area contributed by atoms with Gasteiger partial charge in [-0.15, -0.1) is 33.7 Å². The third-order valence-electron chi connectivity index (χ3n) is 21.9.